The highest BCUT2D eigenvalue weighted by Crippen LogP contribution is 2.21. The van der Waals surface area contributed by atoms with E-state index in [1.807, 2.05) is 31.2 Å². The molecule has 0 saturated carbocycles. The number of hydrogen-bond donors (Lipinski definition) is 3. The lowest BCUT2D eigenvalue weighted by Crippen LogP contribution is -2.00. The molecule has 1 heterocycles. The number of carbonyl (C=O) groups is 2. The molecule has 124 valence electrons. The summed E-state index contributed by atoms with van der Waals surface area (Å²) in [6.45, 7) is 1.90. The Morgan fingerprint density at radius 2 is 1.67 bits per heavy atom. The molecule has 3 aromatic rings. The van der Waals surface area contributed by atoms with Crippen molar-refractivity contribution in [2.24, 2.45) is 0 Å². The molecule has 24 heavy (non-hydrogen) atoms. The molecular formula is C18H16INO4. The second kappa shape index (κ2) is 7.96. The van der Waals surface area contributed by atoms with Crippen LogP contribution in [0, 0.1) is 10.5 Å². The van der Waals surface area contributed by atoms with Crippen molar-refractivity contribution in [3.05, 3.63) is 68.9 Å². The lowest BCUT2D eigenvalue weighted by molar-refractivity contribution is -0.136. The first kappa shape index (κ1) is 18.0. The summed E-state index contributed by atoms with van der Waals surface area (Å²) in [7, 11) is 0. The zero-order valence-electron chi connectivity index (χ0n) is 12.9. The molecule has 3 N–H and O–H groups in total. The minimum absolute atomic E-state index is 0.0792. The second-order valence-electron chi connectivity index (χ2n) is 5.16. The van der Waals surface area contributed by atoms with E-state index in [2.05, 4.69) is 27.6 Å². The predicted octanol–water partition coefficient (Wildman–Crippen LogP) is 4.09. The summed E-state index contributed by atoms with van der Waals surface area (Å²) in [6.07, 6.45) is 0.0792. The first-order valence-corrected chi connectivity index (χ1v) is 8.23. The van der Waals surface area contributed by atoms with Crippen LogP contribution < -0.4 is 0 Å². The van der Waals surface area contributed by atoms with Crippen molar-refractivity contribution < 1.29 is 19.8 Å². The zero-order chi connectivity index (χ0) is 17.7. The SMILES string of the molecule is Cc1[nH]c2ccccc2c1CC(=O)O.O=C(O)c1ccc(I)cc1. The average molecular weight is 437 g/mol. The number of hydrogen-bond acceptors (Lipinski definition) is 2. The number of aromatic carboxylic acids is 1. The van der Waals surface area contributed by atoms with Crippen molar-refractivity contribution in [1.29, 1.82) is 0 Å². The van der Waals surface area contributed by atoms with Gasteiger partial charge in [0.2, 0.25) is 0 Å². The van der Waals surface area contributed by atoms with Crippen LogP contribution in [0.25, 0.3) is 10.9 Å². The molecule has 0 spiro atoms. The van der Waals surface area contributed by atoms with E-state index in [0.29, 0.717) is 5.56 Å². The monoisotopic (exact) mass is 437 g/mol. The Bertz CT molecular complexity index is 868. The van der Waals surface area contributed by atoms with Gasteiger partial charge >= 0.3 is 11.9 Å². The topological polar surface area (TPSA) is 90.4 Å². The molecule has 0 radical (unpaired) electrons. The van der Waals surface area contributed by atoms with Crippen molar-refractivity contribution in [3.8, 4) is 0 Å². The first-order valence-electron chi connectivity index (χ1n) is 7.15. The van der Waals surface area contributed by atoms with E-state index in [0.717, 1.165) is 25.7 Å². The molecule has 6 heteroatoms. The third kappa shape index (κ3) is 4.58. The number of H-pyrrole nitrogens is 1. The lowest BCUT2D eigenvalue weighted by atomic mass is 10.1. The maximum atomic E-state index is 10.6. The van der Waals surface area contributed by atoms with Crippen LogP contribution in [-0.4, -0.2) is 27.1 Å². The number of carboxylic acid groups (broad SMARTS) is 2. The number of halogens is 1. The normalized spacial score (nSPS) is 10.1. The number of aromatic amines is 1. The molecule has 0 saturated heterocycles. The fourth-order valence-corrected chi connectivity index (χ4v) is 2.67. The average Bonchev–Trinajstić information content (AvgIpc) is 2.84. The van der Waals surface area contributed by atoms with Crippen LogP contribution in [0.1, 0.15) is 21.6 Å². The summed E-state index contributed by atoms with van der Waals surface area (Å²) in [5, 5.41) is 18.2. The minimum Gasteiger partial charge on any atom is -0.481 e. The van der Waals surface area contributed by atoms with Crippen LogP contribution >= 0.6 is 22.6 Å². The van der Waals surface area contributed by atoms with Gasteiger partial charge in [-0.1, -0.05) is 18.2 Å². The van der Waals surface area contributed by atoms with Gasteiger partial charge in [-0.15, -0.1) is 0 Å². The number of aliphatic carboxylic acids is 1. The van der Waals surface area contributed by atoms with Crippen molar-refractivity contribution >= 4 is 45.4 Å². The van der Waals surface area contributed by atoms with Crippen LogP contribution in [0.2, 0.25) is 0 Å². The summed E-state index contributed by atoms with van der Waals surface area (Å²) in [5.74, 6) is -1.67. The van der Waals surface area contributed by atoms with Gasteiger partial charge < -0.3 is 15.2 Å². The summed E-state index contributed by atoms with van der Waals surface area (Å²) >= 11 is 2.13. The van der Waals surface area contributed by atoms with E-state index < -0.39 is 11.9 Å². The van der Waals surface area contributed by atoms with Gasteiger partial charge in [-0.05, 0) is 65.4 Å². The minimum atomic E-state index is -0.878. The lowest BCUT2D eigenvalue weighted by Gasteiger charge is -1.95. The zero-order valence-corrected chi connectivity index (χ0v) is 15.1. The molecule has 0 amide bonds. The fraction of sp³-hybridized carbons (Fsp3) is 0.111. The van der Waals surface area contributed by atoms with Crippen LogP contribution in [0.4, 0.5) is 0 Å². The number of rotatable bonds is 3. The molecule has 0 fully saturated rings. The Hall–Kier alpha value is -2.35. The van der Waals surface area contributed by atoms with Gasteiger partial charge in [-0.25, -0.2) is 4.79 Å². The molecule has 0 aliphatic rings. The van der Waals surface area contributed by atoms with Gasteiger partial charge in [0.25, 0.3) is 0 Å². The highest BCUT2D eigenvalue weighted by Gasteiger charge is 2.10. The van der Waals surface area contributed by atoms with Crippen molar-refractivity contribution in [1.82, 2.24) is 4.98 Å². The van der Waals surface area contributed by atoms with Crippen LogP contribution in [0.5, 0.6) is 0 Å². The maximum absolute atomic E-state index is 10.6. The van der Waals surface area contributed by atoms with Gasteiger partial charge in [0.05, 0.1) is 12.0 Å². The van der Waals surface area contributed by atoms with Gasteiger partial charge in [0.1, 0.15) is 0 Å². The largest absolute Gasteiger partial charge is 0.481 e. The van der Waals surface area contributed by atoms with E-state index in [4.69, 9.17) is 10.2 Å². The Balaban J connectivity index is 0.000000185. The molecular weight excluding hydrogens is 421 g/mol. The molecule has 3 rings (SSSR count). The second-order valence-corrected chi connectivity index (χ2v) is 6.40. The number of fused-ring (bicyclic) bond motifs is 1. The Morgan fingerprint density at radius 3 is 2.25 bits per heavy atom. The first-order chi connectivity index (χ1) is 11.4. The number of carboxylic acids is 2. The molecule has 5 nitrogen and oxygen atoms in total. The van der Waals surface area contributed by atoms with E-state index >= 15 is 0 Å². The van der Waals surface area contributed by atoms with Crippen molar-refractivity contribution in [2.45, 2.75) is 13.3 Å². The van der Waals surface area contributed by atoms with Crippen molar-refractivity contribution in [2.75, 3.05) is 0 Å². The molecule has 0 aliphatic carbocycles. The fourth-order valence-electron chi connectivity index (χ4n) is 2.31. The predicted molar refractivity (Wildman–Crippen MR) is 100 cm³/mol. The molecule has 0 unspecified atom stereocenters. The number of aromatic nitrogens is 1. The van der Waals surface area contributed by atoms with Gasteiger partial charge in [-0.2, -0.15) is 0 Å². The summed E-state index contributed by atoms with van der Waals surface area (Å²) in [4.78, 5) is 24.1. The Kier molecular flexibility index (Phi) is 5.97. The quantitative estimate of drug-likeness (QED) is 0.539. The van der Waals surface area contributed by atoms with E-state index in [9.17, 15) is 9.59 Å². The third-order valence-electron chi connectivity index (χ3n) is 3.45. The Morgan fingerprint density at radius 1 is 1.04 bits per heavy atom. The van der Waals surface area contributed by atoms with Crippen LogP contribution in [-0.2, 0) is 11.2 Å². The summed E-state index contributed by atoms with van der Waals surface area (Å²) in [5.41, 5.74) is 3.16. The molecule has 2 aromatic carbocycles. The third-order valence-corrected chi connectivity index (χ3v) is 4.17. The smallest absolute Gasteiger partial charge is 0.335 e. The maximum Gasteiger partial charge on any atom is 0.335 e. The summed E-state index contributed by atoms with van der Waals surface area (Å²) in [6, 6.07) is 14.5. The number of nitrogens with one attached hydrogen (secondary N) is 1. The molecule has 0 aliphatic heterocycles. The Labute approximate surface area is 152 Å². The highest BCUT2D eigenvalue weighted by atomic mass is 127. The van der Waals surface area contributed by atoms with Crippen LogP contribution in [0.3, 0.4) is 0 Å². The molecule has 0 bridgehead atoms. The number of aryl methyl sites for hydroxylation is 1. The van der Waals surface area contributed by atoms with E-state index in [-0.39, 0.29) is 6.42 Å². The van der Waals surface area contributed by atoms with Crippen LogP contribution in [0.15, 0.2) is 48.5 Å². The van der Waals surface area contributed by atoms with Gasteiger partial charge in [0.15, 0.2) is 0 Å². The molecule has 1 aromatic heterocycles. The summed E-state index contributed by atoms with van der Waals surface area (Å²) < 4.78 is 1.04. The highest BCUT2D eigenvalue weighted by molar-refractivity contribution is 14.1. The van der Waals surface area contributed by atoms with Gasteiger partial charge in [0, 0.05) is 20.2 Å². The van der Waals surface area contributed by atoms with E-state index in [1.165, 1.54) is 0 Å². The standard InChI is InChI=1S/C11H11NO2.C7H5IO2/c1-7-9(6-11(13)14)8-4-2-3-5-10(8)12-7;8-6-3-1-5(2-4-6)7(9)10/h2-5,12H,6H2,1H3,(H,13,14);1-4H,(H,9,10). The number of benzene rings is 2. The number of para-hydroxylation sites is 1. The van der Waals surface area contributed by atoms with E-state index in [1.54, 1.807) is 24.3 Å². The van der Waals surface area contributed by atoms with Crippen molar-refractivity contribution in [3.63, 3.8) is 0 Å². The molecule has 0 atom stereocenters. The van der Waals surface area contributed by atoms with Gasteiger partial charge in [-0.3, -0.25) is 4.79 Å².